The molecule has 0 unspecified atom stereocenters. The SMILES string of the molecule is CCOC(=O)c1ccc2c(c1)nc(SCC(=O)N(C)CC(=O)Nc1ccccc1Cl)n2CC. The molecular formula is C23H25ClN4O4S. The van der Waals surface area contributed by atoms with Crippen LogP contribution in [0.4, 0.5) is 5.69 Å². The van der Waals surface area contributed by atoms with Gasteiger partial charge in [-0.25, -0.2) is 9.78 Å². The first-order valence-corrected chi connectivity index (χ1v) is 11.8. The summed E-state index contributed by atoms with van der Waals surface area (Å²) in [4.78, 5) is 42.8. The lowest BCUT2D eigenvalue weighted by atomic mass is 10.2. The van der Waals surface area contributed by atoms with E-state index in [-0.39, 0.29) is 24.1 Å². The largest absolute Gasteiger partial charge is 0.462 e. The Morgan fingerprint density at radius 2 is 1.94 bits per heavy atom. The van der Waals surface area contributed by atoms with Crippen LogP contribution in [0.2, 0.25) is 5.02 Å². The molecule has 0 atom stereocenters. The standard InChI is InChI=1S/C23H25ClN4O4S/c1-4-28-19-11-10-15(22(31)32-5-2)12-18(19)26-23(28)33-14-21(30)27(3)13-20(29)25-17-9-7-6-8-16(17)24/h6-12H,4-5,13-14H2,1-3H3,(H,25,29). The van der Waals surface area contributed by atoms with E-state index >= 15 is 0 Å². The smallest absolute Gasteiger partial charge is 0.338 e. The number of anilines is 1. The fourth-order valence-corrected chi connectivity index (χ4v) is 4.36. The van der Waals surface area contributed by atoms with Crippen LogP contribution in [-0.2, 0) is 20.9 Å². The summed E-state index contributed by atoms with van der Waals surface area (Å²) in [6, 6.07) is 12.1. The van der Waals surface area contributed by atoms with E-state index in [0.717, 1.165) is 5.52 Å². The quantitative estimate of drug-likeness (QED) is 0.360. The van der Waals surface area contributed by atoms with E-state index in [1.807, 2.05) is 17.6 Å². The number of imidazole rings is 1. The molecule has 2 aromatic carbocycles. The monoisotopic (exact) mass is 488 g/mol. The van der Waals surface area contributed by atoms with Crippen molar-refractivity contribution in [2.45, 2.75) is 25.5 Å². The van der Waals surface area contributed by atoms with E-state index in [0.29, 0.717) is 40.1 Å². The number of hydrogen-bond donors (Lipinski definition) is 1. The average Bonchev–Trinajstić information content (AvgIpc) is 3.15. The first kappa shape index (κ1) is 24.6. The number of para-hydroxylation sites is 1. The summed E-state index contributed by atoms with van der Waals surface area (Å²) >= 11 is 7.34. The molecule has 0 fully saturated rings. The molecule has 0 saturated heterocycles. The number of esters is 1. The van der Waals surface area contributed by atoms with Crippen molar-refractivity contribution < 1.29 is 19.1 Å². The number of likely N-dealkylation sites (N-methyl/N-ethyl adjacent to an activating group) is 1. The number of aromatic nitrogens is 2. The molecule has 0 saturated carbocycles. The third kappa shape index (κ3) is 6.06. The summed E-state index contributed by atoms with van der Waals surface area (Å²) in [6.07, 6.45) is 0. The molecule has 0 bridgehead atoms. The number of rotatable bonds is 9. The van der Waals surface area contributed by atoms with E-state index in [1.165, 1.54) is 16.7 Å². The Balaban J connectivity index is 1.63. The maximum atomic E-state index is 12.6. The zero-order valence-electron chi connectivity index (χ0n) is 18.6. The predicted octanol–water partition coefficient (Wildman–Crippen LogP) is 4.08. The molecule has 1 N–H and O–H groups in total. The number of nitrogens with zero attached hydrogens (tertiary/aromatic N) is 3. The number of carbonyl (C=O) groups excluding carboxylic acids is 3. The van der Waals surface area contributed by atoms with E-state index in [9.17, 15) is 14.4 Å². The molecule has 1 heterocycles. The van der Waals surface area contributed by atoms with Crippen LogP contribution >= 0.6 is 23.4 Å². The second kappa shape index (κ2) is 11.2. The molecule has 0 aliphatic rings. The van der Waals surface area contributed by atoms with Gasteiger partial charge in [-0.2, -0.15) is 0 Å². The van der Waals surface area contributed by atoms with Gasteiger partial charge in [-0.3, -0.25) is 9.59 Å². The number of aryl methyl sites for hydroxylation is 1. The molecule has 0 radical (unpaired) electrons. The topological polar surface area (TPSA) is 93.5 Å². The molecule has 33 heavy (non-hydrogen) atoms. The van der Waals surface area contributed by atoms with Gasteiger partial charge in [0, 0.05) is 13.6 Å². The van der Waals surface area contributed by atoms with Crippen molar-refractivity contribution in [2.75, 3.05) is 31.3 Å². The van der Waals surface area contributed by atoms with Gasteiger partial charge in [0.25, 0.3) is 0 Å². The minimum atomic E-state index is -0.397. The van der Waals surface area contributed by atoms with Gasteiger partial charge in [-0.05, 0) is 44.2 Å². The van der Waals surface area contributed by atoms with Crippen LogP contribution in [0.5, 0.6) is 0 Å². The zero-order valence-corrected chi connectivity index (χ0v) is 20.2. The number of thioether (sulfide) groups is 1. The van der Waals surface area contributed by atoms with E-state index in [2.05, 4.69) is 10.3 Å². The van der Waals surface area contributed by atoms with Crippen LogP contribution in [0.3, 0.4) is 0 Å². The number of nitrogens with one attached hydrogen (secondary N) is 1. The molecular weight excluding hydrogens is 464 g/mol. The molecule has 2 amide bonds. The first-order chi connectivity index (χ1) is 15.8. The van der Waals surface area contributed by atoms with Crippen LogP contribution in [0, 0.1) is 0 Å². The van der Waals surface area contributed by atoms with Gasteiger partial charge in [0.2, 0.25) is 11.8 Å². The molecule has 1 aromatic heterocycles. The number of carbonyl (C=O) groups is 3. The summed E-state index contributed by atoms with van der Waals surface area (Å²) in [5.41, 5.74) is 2.46. The van der Waals surface area contributed by atoms with E-state index in [4.69, 9.17) is 16.3 Å². The summed E-state index contributed by atoms with van der Waals surface area (Å²) in [6.45, 7) is 4.59. The number of ether oxygens (including phenoxy) is 1. The van der Waals surface area contributed by atoms with Gasteiger partial charge in [0.1, 0.15) is 0 Å². The highest BCUT2D eigenvalue weighted by atomic mass is 35.5. The summed E-state index contributed by atoms with van der Waals surface area (Å²) in [5.74, 6) is -0.830. The number of hydrogen-bond acceptors (Lipinski definition) is 6. The maximum Gasteiger partial charge on any atom is 0.338 e. The van der Waals surface area contributed by atoms with Crippen molar-refractivity contribution in [1.82, 2.24) is 14.5 Å². The highest BCUT2D eigenvalue weighted by Gasteiger charge is 2.18. The fraction of sp³-hybridized carbons (Fsp3) is 0.304. The molecule has 3 rings (SSSR count). The van der Waals surface area contributed by atoms with Gasteiger partial charge in [0.05, 0.1) is 46.2 Å². The van der Waals surface area contributed by atoms with Crippen molar-refractivity contribution in [3.8, 4) is 0 Å². The third-order valence-electron chi connectivity index (χ3n) is 4.82. The molecule has 3 aromatic rings. The number of halogens is 1. The van der Waals surface area contributed by atoms with Gasteiger partial charge < -0.3 is 19.5 Å². The Bertz CT molecular complexity index is 1180. The Kier molecular flexibility index (Phi) is 8.35. The fourth-order valence-electron chi connectivity index (χ4n) is 3.16. The van der Waals surface area contributed by atoms with E-state index in [1.54, 1.807) is 50.4 Å². The summed E-state index contributed by atoms with van der Waals surface area (Å²) in [5, 5.41) is 3.80. The lowest BCUT2D eigenvalue weighted by molar-refractivity contribution is -0.131. The predicted molar refractivity (Wildman–Crippen MR) is 130 cm³/mol. The van der Waals surface area contributed by atoms with Gasteiger partial charge in [-0.1, -0.05) is 35.5 Å². The van der Waals surface area contributed by atoms with Crippen LogP contribution in [-0.4, -0.2) is 58.2 Å². The number of fused-ring (bicyclic) bond motifs is 1. The zero-order chi connectivity index (χ0) is 24.0. The number of amides is 2. The Morgan fingerprint density at radius 1 is 1.18 bits per heavy atom. The normalized spacial score (nSPS) is 10.8. The number of benzene rings is 2. The lowest BCUT2D eigenvalue weighted by Gasteiger charge is -2.17. The highest BCUT2D eigenvalue weighted by Crippen LogP contribution is 2.25. The van der Waals surface area contributed by atoms with Crippen molar-refractivity contribution in [3.63, 3.8) is 0 Å². The molecule has 8 nitrogen and oxygen atoms in total. The Labute approximate surface area is 201 Å². The molecule has 0 aliphatic carbocycles. The molecule has 10 heteroatoms. The molecule has 174 valence electrons. The van der Waals surface area contributed by atoms with Crippen molar-refractivity contribution in [3.05, 3.63) is 53.1 Å². The molecule has 0 spiro atoms. The van der Waals surface area contributed by atoms with Crippen LogP contribution in [0.25, 0.3) is 11.0 Å². The third-order valence-corrected chi connectivity index (χ3v) is 6.11. The first-order valence-electron chi connectivity index (χ1n) is 10.4. The van der Waals surface area contributed by atoms with Crippen molar-refractivity contribution in [2.24, 2.45) is 0 Å². The van der Waals surface area contributed by atoms with Crippen LogP contribution < -0.4 is 5.32 Å². The van der Waals surface area contributed by atoms with Crippen LogP contribution in [0.1, 0.15) is 24.2 Å². The van der Waals surface area contributed by atoms with Gasteiger partial charge in [0.15, 0.2) is 5.16 Å². The maximum absolute atomic E-state index is 12.6. The van der Waals surface area contributed by atoms with Crippen molar-refractivity contribution in [1.29, 1.82) is 0 Å². The van der Waals surface area contributed by atoms with Crippen molar-refractivity contribution >= 4 is 57.9 Å². The highest BCUT2D eigenvalue weighted by molar-refractivity contribution is 7.99. The lowest BCUT2D eigenvalue weighted by Crippen LogP contribution is -2.36. The van der Waals surface area contributed by atoms with Gasteiger partial charge >= 0.3 is 5.97 Å². The minimum Gasteiger partial charge on any atom is -0.462 e. The van der Waals surface area contributed by atoms with Gasteiger partial charge in [-0.15, -0.1) is 0 Å². The van der Waals surface area contributed by atoms with Crippen LogP contribution in [0.15, 0.2) is 47.6 Å². The average molecular weight is 489 g/mol. The summed E-state index contributed by atoms with van der Waals surface area (Å²) in [7, 11) is 1.57. The summed E-state index contributed by atoms with van der Waals surface area (Å²) < 4.78 is 7.03. The Morgan fingerprint density at radius 3 is 2.64 bits per heavy atom. The second-order valence-electron chi connectivity index (χ2n) is 7.13. The minimum absolute atomic E-state index is 0.0995. The van der Waals surface area contributed by atoms with E-state index < -0.39 is 5.97 Å². The second-order valence-corrected chi connectivity index (χ2v) is 8.48. The Hall–Kier alpha value is -3.04. The molecule has 0 aliphatic heterocycles.